The van der Waals surface area contributed by atoms with Crippen LogP contribution in [-0.4, -0.2) is 53.2 Å². The number of hydrogen-bond donors (Lipinski definition) is 2. The molecule has 31 heavy (non-hydrogen) atoms. The molecular formula is C15H10F6O6S4. The number of allylic oxidation sites excluding steroid dienone is 4. The molecule has 0 bridgehead atoms. The molecule has 0 spiro atoms. The van der Waals surface area contributed by atoms with Crippen LogP contribution in [0.1, 0.15) is 13.8 Å². The summed E-state index contributed by atoms with van der Waals surface area (Å²) in [4.78, 5) is 0. The first-order valence-electron chi connectivity index (χ1n) is 8.05. The van der Waals surface area contributed by atoms with Crippen molar-refractivity contribution >= 4 is 43.8 Å². The average Bonchev–Trinajstić information content (AvgIpc) is 3.13. The standard InChI is InChI=1S/C15H10F6O6S4/c1-11-5(3-7(28-11)30(22,23)24)9-10(14(18,19)15(20,21)13(9,16)17)6-4-8(31(25,26)27)29-12(6,11)2/h3-4H,1-2H3,(H,22,23,24)(H,25,26,27)/t11-,12-/m1/s1. The summed E-state index contributed by atoms with van der Waals surface area (Å²) >= 11 is 0.438. The third kappa shape index (κ3) is 2.51. The number of alkyl halides is 6. The lowest BCUT2D eigenvalue weighted by Gasteiger charge is -2.46. The van der Waals surface area contributed by atoms with E-state index in [2.05, 4.69) is 0 Å². The number of fused-ring (bicyclic) bond motifs is 4. The Morgan fingerprint density at radius 1 is 0.710 bits per heavy atom. The summed E-state index contributed by atoms with van der Waals surface area (Å²) in [5.41, 5.74) is -5.49. The normalized spacial score (nSPS) is 35.5. The molecule has 16 heteroatoms. The van der Waals surface area contributed by atoms with Gasteiger partial charge in [-0.25, -0.2) is 0 Å². The average molecular weight is 528 g/mol. The fourth-order valence-electron chi connectivity index (χ4n) is 4.10. The van der Waals surface area contributed by atoms with E-state index in [-0.39, 0.29) is 23.5 Å². The molecule has 0 radical (unpaired) electrons. The van der Waals surface area contributed by atoms with E-state index in [1.165, 1.54) is 0 Å². The lowest BCUT2D eigenvalue weighted by molar-refractivity contribution is -0.258. The van der Waals surface area contributed by atoms with Crippen LogP contribution >= 0.6 is 23.5 Å². The van der Waals surface area contributed by atoms with Crippen LogP contribution in [0, 0.1) is 0 Å². The van der Waals surface area contributed by atoms with Gasteiger partial charge in [-0.3, -0.25) is 9.11 Å². The molecule has 4 rings (SSSR count). The van der Waals surface area contributed by atoms with Gasteiger partial charge in [-0.2, -0.15) is 43.2 Å². The molecule has 172 valence electrons. The molecule has 0 aromatic heterocycles. The lowest BCUT2D eigenvalue weighted by atomic mass is 9.71. The molecule has 2 N–H and O–H groups in total. The summed E-state index contributed by atoms with van der Waals surface area (Å²) in [6.07, 6.45) is 0.823. The molecule has 0 saturated heterocycles. The molecule has 1 saturated carbocycles. The highest BCUT2D eigenvalue weighted by Gasteiger charge is 2.84. The van der Waals surface area contributed by atoms with Crippen LogP contribution < -0.4 is 0 Å². The Balaban J connectivity index is 2.21. The van der Waals surface area contributed by atoms with E-state index >= 15 is 0 Å². The maximum atomic E-state index is 14.7. The van der Waals surface area contributed by atoms with Crippen molar-refractivity contribution in [1.29, 1.82) is 0 Å². The zero-order chi connectivity index (χ0) is 23.8. The van der Waals surface area contributed by atoms with Crippen molar-refractivity contribution < 1.29 is 52.3 Å². The molecular weight excluding hydrogens is 518 g/mol. The minimum atomic E-state index is -5.92. The van der Waals surface area contributed by atoms with Gasteiger partial charge < -0.3 is 0 Å². The zero-order valence-electron chi connectivity index (χ0n) is 15.1. The fourth-order valence-corrected chi connectivity index (χ4v) is 9.04. The smallest absolute Gasteiger partial charge is 0.281 e. The minimum Gasteiger partial charge on any atom is -0.281 e. The Kier molecular flexibility index (Phi) is 4.31. The maximum Gasteiger partial charge on any atom is 0.380 e. The van der Waals surface area contributed by atoms with Crippen LogP contribution in [0.5, 0.6) is 0 Å². The first kappa shape index (κ1) is 23.2. The van der Waals surface area contributed by atoms with Gasteiger partial charge in [0.25, 0.3) is 0 Å². The molecule has 2 aliphatic carbocycles. The monoisotopic (exact) mass is 528 g/mol. The van der Waals surface area contributed by atoms with Gasteiger partial charge >= 0.3 is 38.0 Å². The Hall–Kier alpha value is -0.940. The predicted molar refractivity (Wildman–Crippen MR) is 100 cm³/mol. The summed E-state index contributed by atoms with van der Waals surface area (Å²) in [5, 5.41) is 0. The van der Waals surface area contributed by atoms with Gasteiger partial charge in [0.2, 0.25) is 0 Å². The van der Waals surface area contributed by atoms with Gasteiger partial charge in [0.1, 0.15) is 8.47 Å². The zero-order valence-corrected chi connectivity index (χ0v) is 18.3. The van der Waals surface area contributed by atoms with E-state index in [0.29, 0.717) is 12.2 Å². The first-order chi connectivity index (χ1) is 13.6. The summed E-state index contributed by atoms with van der Waals surface area (Å²) in [6.45, 7) is 2.15. The molecule has 0 amide bonds. The molecule has 2 heterocycles. The molecule has 0 aromatic carbocycles. The predicted octanol–water partition coefficient (Wildman–Crippen LogP) is 3.98. The maximum absolute atomic E-state index is 14.7. The van der Waals surface area contributed by atoms with E-state index < -0.39 is 78.3 Å². The van der Waals surface area contributed by atoms with E-state index in [4.69, 9.17) is 0 Å². The molecule has 0 aromatic rings. The Morgan fingerprint density at radius 3 is 1.26 bits per heavy atom. The van der Waals surface area contributed by atoms with Crippen LogP contribution in [0.2, 0.25) is 0 Å². The van der Waals surface area contributed by atoms with E-state index in [1.54, 1.807) is 0 Å². The molecule has 2 aliphatic heterocycles. The van der Waals surface area contributed by atoms with E-state index in [0.717, 1.165) is 13.8 Å². The Morgan fingerprint density at radius 2 is 1.00 bits per heavy atom. The van der Waals surface area contributed by atoms with Crippen molar-refractivity contribution in [2.24, 2.45) is 0 Å². The third-order valence-corrected chi connectivity index (χ3v) is 11.6. The van der Waals surface area contributed by atoms with Gasteiger partial charge in [-0.05, 0) is 37.1 Å². The summed E-state index contributed by atoms with van der Waals surface area (Å²) in [5.74, 6) is -16.8. The minimum absolute atomic E-state index is 0.219. The highest BCUT2D eigenvalue weighted by atomic mass is 32.3. The highest BCUT2D eigenvalue weighted by molar-refractivity contribution is 8.21. The summed E-state index contributed by atoms with van der Waals surface area (Å²) in [7, 11) is -10.1. The second-order valence-corrected chi connectivity index (χ2v) is 13.7. The van der Waals surface area contributed by atoms with Gasteiger partial charge in [0.05, 0.1) is 9.49 Å². The summed E-state index contributed by atoms with van der Waals surface area (Å²) < 4.78 is 147. The number of hydrogen-bond acceptors (Lipinski definition) is 6. The second-order valence-electron chi connectivity index (χ2n) is 7.45. The molecule has 1 fully saturated rings. The number of rotatable bonds is 2. The molecule has 2 atom stereocenters. The first-order valence-corrected chi connectivity index (χ1v) is 12.6. The van der Waals surface area contributed by atoms with Crippen LogP contribution in [0.25, 0.3) is 0 Å². The van der Waals surface area contributed by atoms with Gasteiger partial charge in [-0.1, -0.05) is 23.5 Å². The van der Waals surface area contributed by atoms with Crippen molar-refractivity contribution in [2.45, 2.75) is 41.1 Å². The second kappa shape index (κ2) is 5.75. The van der Waals surface area contributed by atoms with Crippen LogP contribution in [0.4, 0.5) is 26.3 Å². The van der Waals surface area contributed by atoms with E-state index in [9.17, 15) is 52.3 Å². The van der Waals surface area contributed by atoms with Crippen molar-refractivity contribution in [3.05, 3.63) is 42.9 Å². The molecule has 4 aliphatic rings. The molecule has 6 nitrogen and oxygen atoms in total. The van der Waals surface area contributed by atoms with Gasteiger partial charge in [0.15, 0.2) is 0 Å². The van der Waals surface area contributed by atoms with Gasteiger partial charge in [0, 0.05) is 11.1 Å². The number of halogens is 6. The van der Waals surface area contributed by atoms with Crippen molar-refractivity contribution in [2.75, 3.05) is 0 Å². The topological polar surface area (TPSA) is 109 Å². The van der Waals surface area contributed by atoms with Crippen molar-refractivity contribution in [1.82, 2.24) is 0 Å². The SMILES string of the molecule is C[C@@]12SC(S(=O)(=O)O)=CC1=C1C(=C3C=C(S(=O)(=O)O)S[C@]32C)C(F)(F)C(F)(F)C1(F)F. The van der Waals surface area contributed by atoms with E-state index in [1.807, 2.05) is 0 Å². The van der Waals surface area contributed by atoms with Crippen molar-refractivity contribution in [3.63, 3.8) is 0 Å². The molecule has 0 unspecified atom stereocenters. The van der Waals surface area contributed by atoms with Crippen molar-refractivity contribution in [3.8, 4) is 0 Å². The number of thioether (sulfide) groups is 2. The fraction of sp³-hybridized carbons (Fsp3) is 0.467. The highest BCUT2D eigenvalue weighted by Crippen LogP contribution is 2.74. The van der Waals surface area contributed by atoms with Crippen LogP contribution in [-0.2, 0) is 20.2 Å². The largest absolute Gasteiger partial charge is 0.380 e. The van der Waals surface area contributed by atoms with Gasteiger partial charge in [-0.15, -0.1) is 0 Å². The summed E-state index contributed by atoms with van der Waals surface area (Å²) in [6, 6.07) is 0. The van der Waals surface area contributed by atoms with Crippen LogP contribution in [0.15, 0.2) is 42.9 Å². The lowest BCUT2D eigenvalue weighted by Crippen LogP contribution is -2.49. The third-order valence-electron chi connectivity index (χ3n) is 5.79. The van der Waals surface area contributed by atoms with Crippen LogP contribution in [0.3, 0.4) is 0 Å². The Bertz CT molecular complexity index is 1190. The quantitative estimate of drug-likeness (QED) is 0.409. The Labute approximate surface area is 180 Å².